The van der Waals surface area contributed by atoms with Gasteiger partial charge in [-0.2, -0.15) is 0 Å². The molecule has 0 bridgehead atoms. The molecule has 1 fully saturated rings. The minimum atomic E-state index is 0.213. The maximum atomic E-state index is 11.6. The second kappa shape index (κ2) is 6.73. The van der Waals surface area contributed by atoms with Gasteiger partial charge in [0.25, 0.3) is 0 Å². The summed E-state index contributed by atoms with van der Waals surface area (Å²) in [4.78, 5) is 18.3. The van der Waals surface area contributed by atoms with E-state index in [2.05, 4.69) is 22.1 Å². The molecule has 0 aromatic carbocycles. The van der Waals surface area contributed by atoms with Gasteiger partial charge in [0, 0.05) is 37.1 Å². The number of anilines is 1. The molecule has 1 amide bonds. The highest BCUT2D eigenvalue weighted by atomic mass is 32.1. The zero-order valence-corrected chi connectivity index (χ0v) is 11.7. The van der Waals surface area contributed by atoms with Crippen LogP contribution in [0.2, 0.25) is 0 Å². The van der Waals surface area contributed by atoms with Gasteiger partial charge in [0.15, 0.2) is 5.13 Å². The summed E-state index contributed by atoms with van der Waals surface area (Å²) in [6.07, 6.45) is 6.64. The zero-order valence-electron chi connectivity index (χ0n) is 10.9. The number of nitrogens with zero attached hydrogens (tertiary/aromatic N) is 2. The second-order valence-corrected chi connectivity index (χ2v) is 5.62. The van der Waals surface area contributed by atoms with Crippen LogP contribution < -0.4 is 10.2 Å². The summed E-state index contributed by atoms with van der Waals surface area (Å²) in [5.74, 6) is 0.213. The maximum Gasteiger partial charge on any atom is 0.220 e. The van der Waals surface area contributed by atoms with Gasteiger partial charge in [-0.05, 0) is 19.3 Å². The Labute approximate surface area is 112 Å². The van der Waals surface area contributed by atoms with Crippen molar-refractivity contribution < 1.29 is 4.79 Å². The molecule has 1 aliphatic rings. The summed E-state index contributed by atoms with van der Waals surface area (Å²) in [5, 5.41) is 6.25. The summed E-state index contributed by atoms with van der Waals surface area (Å²) in [6, 6.07) is 0.352. The first kappa shape index (κ1) is 13.3. The number of carbonyl (C=O) groups excluding carboxylic acids is 1. The topological polar surface area (TPSA) is 45.2 Å². The van der Waals surface area contributed by atoms with Crippen LogP contribution in [0.1, 0.15) is 39.0 Å². The van der Waals surface area contributed by atoms with E-state index in [0.717, 1.165) is 43.9 Å². The molecular weight excluding hydrogens is 246 g/mol. The van der Waals surface area contributed by atoms with E-state index in [1.54, 1.807) is 11.3 Å². The fourth-order valence-corrected chi connectivity index (χ4v) is 2.92. The standard InChI is InChI=1S/C13H21N3OS/c1-2-3-4-12(17)15-11-5-8-16(9-6-11)13-14-7-10-18-13/h7,10-11H,2-6,8-9H2,1H3,(H,15,17). The SMILES string of the molecule is CCCCC(=O)NC1CCN(c2nccs2)CC1. The molecular formula is C13H21N3OS. The number of aromatic nitrogens is 1. The van der Waals surface area contributed by atoms with Gasteiger partial charge in [-0.1, -0.05) is 13.3 Å². The van der Waals surface area contributed by atoms with E-state index in [1.165, 1.54) is 0 Å². The lowest BCUT2D eigenvalue weighted by atomic mass is 10.1. The summed E-state index contributed by atoms with van der Waals surface area (Å²) < 4.78 is 0. The van der Waals surface area contributed by atoms with E-state index < -0.39 is 0 Å². The van der Waals surface area contributed by atoms with Crippen molar-refractivity contribution in [3.63, 3.8) is 0 Å². The number of carbonyl (C=O) groups is 1. The highest BCUT2D eigenvalue weighted by molar-refractivity contribution is 7.13. The van der Waals surface area contributed by atoms with Crippen molar-refractivity contribution in [2.75, 3.05) is 18.0 Å². The molecule has 1 N–H and O–H groups in total. The lowest BCUT2D eigenvalue weighted by Crippen LogP contribution is -2.44. The molecule has 4 nitrogen and oxygen atoms in total. The van der Waals surface area contributed by atoms with Crippen LogP contribution in [0.4, 0.5) is 5.13 Å². The Morgan fingerprint density at radius 3 is 2.94 bits per heavy atom. The van der Waals surface area contributed by atoms with Crippen LogP contribution in [-0.4, -0.2) is 30.0 Å². The van der Waals surface area contributed by atoms with Crippen LogP contribution in [0.15, 0.2) is 11.6 Å². The number of hydrogen-bond acceptors (Lipinski definition) is 4. The third kappa shape index (κ3) is 3.70. The molecule has 0 atom stereocenters. The number of thiazole rings is 1. The van der Waals surface area contributed by atoms with Crippen molar-refractivity contribution in [1.29, 1.82) is 0 Å². The van der Waals surface area contributed by atoms with Crippen molar-refractivity contribution in [2.24, 2.45) is 0 Å². The first-order valence-corrected chi connectivity index (χ1v) is 7.61. The largest absolute Gasteiger partial charge is 0.353 e. The first-order valence-electron chi connectivity index (χ1n) is 6.73. The van der Waals surface area contributed by atoms with Gasteiger partial charge < -0.3 is 10.2 Å². The van der Waals surface area contributed by atoms with Crippen LogP contribution in [0.3, 0.4) is 0 Å². The molecule has 100 valence electrons. The molecule has 0 saturated carbocycles. The van der Waals surface area contributed by atoms with E-state index in [9.17, 15) is 4.79 Å². The quantitative estimate of drug-likeness (QED) is 0.891. The van der Waals surface area contributed by atoms with E-state index in [-0.39, 0.29) is 5.91 Å². The highest BCUT2D eigenvalue weighted by Gasteiger charge is 2.21. The van der Waals surface area contributed by atoms with Crippen molar-refractivity contribution in [3.05, 3.63) is 11.6 Å². The summed E-state index contributed by atoms with van der Waals surface area (Å²) in [5.41, 5.74) is 0. The number of rotatable bonds is 5. The molecule has 0 spiro atoms. The molecule has 2 rings (SSSR count). The van der Waals surface area contributed by atoms with Gasteiger partial charge in [0.2, 0.25) is 5.91 Å². The van der Waals surface area contributed by atoms with Crippen molar-refractivity contribution in [1.82, 2.24) is 10.3 Å². The predicted molar refractivity (Wildman–Crippen MR) is 75.0 cm³/mol. The van der Waals surface area contributed by atoms with Crippen molar-refractivity contribution in [2.45, 2.75) is 45.1 Å². The second-order valence-electron chi connectivity index (χ2n) is 4.75. The highest BCUT2D eigenvalue weighted by Crippen LogP contribution is 2.21. The molecule has 1 aliphatic heterocycles. The Kier molecular flexibility index (Phi) is 4.99. The van der Waals surface area contributed by atoms with Crippen LogP contribution in [0.25, 0.3) is 0 Å². The van der Waals surface area contributed by atoms with E-state index in [1.807, 2.05) is 11.6 Å². The Balaban J connectivity index is 1.72. The van der Waals surface area contributed by atoms with Gasteiger partial charge in [-0.15, -0.1) is 11.3 Å². The maximum absolute atomic E-state index is 11.6. The van der Waals surface area contributed by atoms with Gasteiger partial charge in [0.05, 0.1) is 0 Å². The molecule has 0 aliphatic carbocycles. The lowest BCUT2D eigenvalue weighted by molar-refractivity contribution is -0.122. The fourth-order valence-electron chi connectivity index (χ4n) is 2.22. The number of amides is 1. The average molecular weight is 267 g/mol. The number of unbranched alkanes of at least 4 members (excludes halogenated alkanes) is 1. The summed E-state index contributed by atoms with van der Waals surface area (Å²) in [7, 11) is 0. The molecule has 2 heterocycles. The van der Waals surface area contributed by atoms with Gasteiger partial charge in [-0.25, -0.2) is 4.98 Å². The smallest absolute Gasteiger partial charge is 0.220 e. The third-order valence-corrected chi connectivity index (χ3v) is 4.14. The minimum absolute atomic E-state index is 0.213. The molecule has 1 aromatic rings. The van der Waals surface area contributed by atoms with Crippen molar-refractivity contribution in [3.8, 4) is 0 Å². The van der Waals surface area contributed by atoms with Crippen LogP contribution in [-0.2, 0) is 4.79 Å². The summed E-state index contributed by atoms with van der Waals surface area (Å²) >= 11 is 1.68. The molecule has 1 aromatic heterocycles. The average Bonchev–Trinajstić information content (AvgIpc) is 2.91. The van der Waals surface area contributed by atoms with Gasteiger partial charge in [-0.3, -0.25) is 4.79 Å². The van der Waals surface area contributed by atoms with E-state index >= 15 is 0 Å². The number of nitrogens with one attached hydrogen (secondary N) is 1. The Hall–Kier alpha value is -1.10. The zero-order chi connectivity index (χ0) is 12.8. The monoisotopic (exact) mass is 267 g/mol. The van der Waals surface area contributed by atoms with Crippen LogP contribution in [0.5, 0.6) is 0 Å². The van der Waals surface area contributed by atoms with E-state index in [4.69, 9.17) is 0 Å². The number of piperidine rings is 1. The number of hydrogen-bond donors (Lipinski definition) is 1. The Morgan fingerprint density at radius 2 is 2.33 bits per heavy atom. The Morgan fingerprint density at radius 1 is 1.56 bits per heavy atom. The molecule has 18 heavy (non-hydrogen) atoms. The van der Waals surface area contributed by atoms with Gasteiger partial charge >= 0.3 is 0 Å². The molecule has 0 unspecified atom stereocenters. The molecule has 5 heteroatoms. The van der Waals surface area contributed by atoms with Gasteiger partial charge in [0.1, 0.15) is 0 Å². The minimum Gasteiger partial charge on any atom is -0.353 e. The molecule has 0 radical (unpaired) electrons. The summed E-state index contributed by atoms with van der Waals surface area (Å²) in [6.45, 7) is 4.10. The van der Waals surface area contributed by atoms with Crippen LogP contribution >= 0.6 is 11.3 Å². The third-order valence-electron chi connectivity index (χ3n) is 3.31. The van der Waals surface area contributed by atoms with E-state index in [0.29, 0.717) is 12.5 Å². The normalized spacial score (nSPS) is 16.8. The Bertz CT molecular complexity index is 358. The van der Waals surface area contributed by atoms with Crippen molar-refractivity contribution >= 4 is 22.4 Å². The molecule has 1 saturated heterocycles. The lowest BCUT2D eigenvalue weighted by Gasteiger charge is -2.32. The van der Waals surface area contributed by atoms with Crippen LogP contribution in [0, 0.1) is 0 Å². The fraction of sp³-hybridized carbons (Fsp3) is 0.692. The predicted octanol–water partition coefficient (Wildman–Crippen LogP) is 2.42. The first-order chi connectivity index (χ1) is 8.79.